The Morgan fingerprint density at radius 1 is 1.22 bits per heavy atom. The van der Waals surface area contributed by atoms with E-state index >= 15 is 0 Å². The first kappa shape index (κ1) is 16.6. The predicted molar refractivity (Wildman–Crippen MR) is 82.5 cm³/mol. The largest absolute Gasteiger partial charge is 0.348 e. The van der Waals surface area contributed by atoms with Crippen LogP contribution in [0.4, 0.5) is 0 Å². The predicted octanol–water partition coefficient (Wildman–Crippen LogP) is 4.86. The standard InChI is InChI=1S/C11H10N2S.2C2H6/c1-2-4-6-11(5-3-1)14-8-10-7-12-9-13-10;2*1-2/h1,3-7,9H,8H2,(H,12,13);2*1-2H3. The van der Waals surface area contributed by atoms with E-state index in [0.717, 1.165) is 11.4 Å². The van der Waals surface area contributed by atoms with Crippen LogP contribution in [-0.4, -0.2) is 9.97 Å². The number of nitrogens with one attached hydrogen (secondary N) is 1. The summed E-state index contributed by atoms with van der Waals surface area (Å²) in [5.74, 6) is 0.921. The molecule has 1 aliphatic rings. The van der Waals surface area contributed by atoms with E-state index in [9.17, 15) is 0 Å². The van der Waals surface area contributed by atoms with Gasteiger partial charge in [-0.15, -0.1) is 17.5 Å². The highest BCUT2D eigenvalue weighted by atomic mass is 32.2. The molecule has 3 heteroatoms. The molecule has 0 amide bonds. The van der Waals surface area contributed by atoms with Crippen LogP contribution in [0.3, 0.4) is 0 Å². The van der Waals surface area contributed by atoms with E-state index in [2.05, 4.69) is 27.9 Å². The highest BCUT2D eigenvalue weighted by Crippen LogP contribution is 2.21. The van der Waals surface area contributed by atoms with Crippen LogP contribution in [-0.2, 0) is 5.75 Å². The molecular weight excluding hydrogens is 240 g/mol. The van der Waals surface area contributed by atoms with Crippen molar-refractivity contribution in [2.24, 2.45) is 0 Å². The van der Waals surface area contributed by atoms with Gasteiger partial charge in [0, 0.05) is 22.5 Å². The van der Waals surface area contributed by atoms with Crippen molar-refractivity contribution in [1.29, 1.82) is 0 Å². The van der Waals surface area contributed by atoms with Gasteiger partial charge in [0.2, 0.25) is 0 Å². The van der Waals surface area contributed by atoms with Crippen LogP contribution in [0.5, 0.6) is 0 Å². The van der Waals surface area contributed by atoms with Crippen molar-refractivity contribution in [3.05, 3.63) is 59.2 Å². The fraction of sp³-hybridized carbons (Fsp3) is 0.333. The average Bonchev–Trinajstić information content (AvgIpc) is 2.84. The molecule has 0 saturated heterocycles. The summed E-state index contributed by atoms with van der Waals surface area (Å²) in [5, 5.41) is 0. The van der Waals surface area contributed by atoms with E-state index in [1.54, 1.807) is 18.1 Å². The monoisotopic (exact) mass is 262 g/mol. The Labute approximate surface area is 115 Å². The number of H-pyrrole nitrogens is 1. The van der Waals surface area contributed by atoms with Gasteiger partial charge in [-0.25, -0.2) is 4.98 Å². The summed E-state index contributed by atoms with van der Waals surface area (Å²) in [6, 6.07) is 0. The maximum Gasteiger partial charge on any atom is 0.0921 e. The second kappa shape index (κ2) is 12.0. The highest BCUT2D eigenvalue weighted by molar-refractivity contribution is 8.02. The van der Waals surface area contributed by atoms with Crippen molar-refractivity contribution in [2.45, 2.75) is 33.4 Å². The van der Waals surface area contributed by atoms with Crippen molar-refractivity contribution in [3.63, 3.8) is 0 Å². The van der Waals surface area contributed by atoms with Crippen LogP contribution in [0.1, 0.15) is 33.4 Å². The molecular formula is C15H22N2S. The van der Waals surface area contributed by atoms with Crippen LogP contribution in [0.25, 0.3) is 0 Å². The molecule has 18 heavy (non-hydrogen) atoms. The lowest BCUT2D eigenvalue weighted by atomic mass is 10.4. The summed E-state index contributed by atoms with van der Waals surface area (Å²) in [5.41, 5.74) is 4.17. The number of thioether (sulfide) groups is 1. The number of hydrogen-bond acceptors (Lipinski definition) is 2. The van der Waals surface area contributed by atoms with Crippen molar-refractivity contribution >= 4 is 11.8 Å². The molecule has 0 saturated carbocycles. The van der Waals surface area contributed by atoms with Crippen LogP contribution < -0.4 is 0 Å². The summed E-state index contributed by atoms with van der Waals surface area (Å²) in [6.45, 7) is 8.00. The Morgan fingerprint density at radius 3 is 2.67 bits per heavy atom. The van der Waals surface area contributed by atoms with Crippen molar-refractivity contribution in [2.75, 3.05) is 0 Å². The minimum absolute atomic E-state index is 0.921. The molecule has 1 aromatic rings. The number of aromatic amines is 1. The number of rotatable bonds is 3. The SMILES string of the molecule is C1=CC=CC(SCc2cnc[nH]2)=CC=1.CC.CC. The minimum atomic E-state index is 0.921. The van der Waals surface area contributed by atoms with Gasteiger partial charge < -0.3 is 4.98 Å². The lowest BCUT2D eigenvalue weighted by molar-refractivity contribution is 1.23. The second-order valence-corrected chi connectivity index (χ2v) is 3.84. The molecule has 1 heterocycles. The van der Waals surface area contributed by atoms with Crippen LogP contribution >= 0.6 is 11.8 Å². The first-order valence-corrected chi connectivity index (χ1v) is 7.33. The van der Waals surface area contributed by atoms with E-state index in [0.29, 0.717) is 0 Å². The third kappa shape index (κ3) is 7.00. The zero-order valence-corrected chi connectivity index (χ0v) is 12.4. The Bertz CT molecular complexity index is 408. The van der Waals surface area contributed by atoms with Gasteiger partial charge in [-0.2, -0.15) is 0 Å². The number of imidazole rings is 1. The number of nitrogens with zero attached hydrogens (tertiary/aromatic N) is 1. The molecule has 2 nitrogen and oxygen atoms in total. The van der Waals surface area contributed by atoms with E-state index in [-0.39, 0.29) is 0 Å². The Hall–Kier alpha value is -1.44. The first-order valence-electron chi connectivity index (χ1n) is 6.34. The van der Waals surface area contributed by atoms with E-state index in [4.69, 9.17) is 0 Å². The molecule has 0 bridgehead atoms. The van der Waals surface area contributed by atoms with Gasteiger partial charge in [0.25, 0.3) is 0 Å². The second-order valence-electron chi connectivity index (χ2n) is 2.79. The summed E-state index contributed by atoms with van der Waals surface area (Å²) >= 11 is 1.78. The fourth-order valence-electron chi connectivity index (χ4n) is 1.06. The lowest BCUT2D eigenvalue weighted by Gasteiger charge is -1.98. The highest BCUT2D eigenvalue weighted by Gasteiger charge is 1.97. The van der Waals surface area contributed by atoms with Crippen LogP contribution in [0.2, 0.25) is 0 Å². The summed E-state index contributed by atoms with van der Waals surface area (Å²) < 4.78 is 0. The van der Waals surface area contributed by atoms with E-state index in [1.165, 1.54) is 4.91 Å². The zero-order chi connectivity index (χ0) is 13.6. The van der Waals surface area contributed by atoms with Crippen LogP contribution in [0.15, 0.2) is 53.5 Å². The molecule has 2 rings (SSSR count). The number of allylic oxidation sites excluding steroid dienone is 4. The van der Waals surface area contributed by atoms with Gasteiger partial charge >= 0.3 is 0 Å². The number of aromatic nitrogens is 2. The van der Waals surface area contributed by atoms with Crippen molar-refractivity contribution in [1.82, 2.24) is 9.97 Å². The van der Waals surface area contributed by atoms with Crippen molar-refractivity contribution < 1.29 is 0 Å². The molecule has 0 aromatic carbocycles. The molecule has 1 N–H and O–H groups in total. The van der Waals surface area contributed by atoms with Gasteiger partial charge in [-0.3, -0.25) is 0 Å². The molecule has 98 valence electrons. The van der Waals surface area contributed by atoms with Crippen LogP contribution in [0, 0.1) is 0 Å². The number of hydrogen-bond donors (Lipinski definition) is 1. The third-order valence-electron chi connectivity index (χ3n) is 1.75. The topological polar surface area (TPSA) is 28.7 Å². The maximum absolute atomic E-state index is 3.97. The Balaban J connectivity index is 0.000000659. The molecule has 0 spiro atoms. The maximum atomic E-state index is 3.97. The van der Waals surface area contributed by atoms with Gasteiger partial charge in [0.1, 0.15) is 0 Å². The summed E-state index contributed by atoms with van der Waals surface area (Å²) in [4.78, 5) is 8.28. The minimum Gasteiger partial charge on any atom is -0.348 e. The first-order chi connectivity index (χ1) is 8.95. The quantitative estimate of drug-likeness (QED) is 0.788. The molecule has 1 aromatic heterocycles. The molecule has 0 aliphatic heterocycles. The van der Waals surface area contributed by atoms with E-state index in [1.807, 2.05) is 52.1 Å². The molecule has 1 aliphatic carbocycles. The Morgan fingerprint density at radius 2 is 2.00 bits per heavy atom. The molecule has 0 fully saturated rings. The van der Waals surface area contributed by atoms with E-state index < -0.39 is 0 Å². The van der Waals surface area contributed by atoms with Gasteiger partial charge in [0.15, 0.2) is 0 Å². The zero-order valence-electron chi connectivity index (χ0n) is 11.6. The third-order valence-corrected chi connectivity index (χ3v) is 2.81. The normalized spacial score (nSPS) is 11.7. The van der Waals surface area contributed by atoms with Crippen molar-refractivity contribution in [3.8, 4) is 0 Å². The Kier molecular flexibility index (Phi) is 11.1. The summed E-state index contributed by atoms with van der Waals surface area (Å²) in [6.07, 6.45) is 13.5. The van der Waals surface area contributed by atoms with Gasteiger partial charge in [0.05, 0.1) is 6.33 Å². The molecule has 0 radical (unpaired) electrons. The fourth-order valence-corrected chi connectivity index (χ4v) is 1.88. The molecule has 0 unspecified atom stereocenters. The van der Waals surface area contributed by atoms with Gasteiger partial charge in [-0.05, 0) is 24.3 Å². The lowest BCUT2D eigenvalue weighted by Crippen LogP contribution is -1.79. The smallest absolute Gasteiger partial charge is 0.0921 e. The average molecular weight is 262 g/mol. The van der Waals surface area contributed by atoms with Gasteiger partial charge in [-0.1, -0.05) is 33.8 Å². The summed E-state index contributed by atoms with van der Waals surface area (Å²) in [7, 11) is 0. The molecule has 0 atom stereocenters.